The molecule has 2 heterocycles. The van der Waals surface area contributed by atoms with Crippen molar-refractivity contribution in [1.29, 1.82) is 0 Å². The lowest BCUT2D eigenvalue weighted by Gasteiger charge is -2.34. The quantitative estimate of drug-likeness (QED) is 0.732. The molecule has 4 rings (SSSR count). The molecule has 0 N–H and O–H groups in total. The molecular formula is C18H19N. The number of fused-ring (bicyclic) bond motifs is 3. The molecule has 19 heavy (non-hydrogen) atoms. The average Bonchev–Trinajstić information content (AvgIpc) is 2.83. The number of piperidine rings is 1. The smallest absolute Gasteiger partial charge is 0.0408 e. The second-order valence-corrected chi connectivity index (χ2v) is 5.70. The molecule has 1 saturated heterocycles. The number of hydrogen-bond donors (Lipinski definition) is 0. The van der Waals surface area contributed by atoms with Crippen LogP contribution in [0.5, 0.6) is 0 Å². The largest absolute Gasteiger partial charge is 0.367 e. The van der Waals surface area contributed by atoms with E-state index < -0.39 is 0 Å². The van der Waals surface area contributed by atoms with Gasteiger partial charge in [0.25, 0.3) is 0 Å². The van der Waals surface area contributed by atoms with Gasteiger partial charge >= 0.3 is 0 Å². The van der Waals surface area contributed by atoms with Gasteiger partial charge in [0, 0.05) is 24.2 Å². The molecule has 0 amide bonds. The summed E-state index contributed by atoms with van der Waals surface area (Å²) in [5.41, 5.74) is 4.48. The third-order valence-corrected chi connectivity index (χ3v) is 4.67. The van der Waals surface area contributed by atoms with Crippen molar-refractivity contribution in [2.24, 2.45) is 0 Å². The summed E-state index contributed by atoms with van der Waals surface area (Å²) in [5, 5.41) is 0. The van der Waals surface area contributed by atoms with Crippen LogP contribution in [-0.2, 0) is 0 Å². The van der Waals surface area contributed by atoms with E-state index in [0.717, 1.165) is 0 Å². The molecule has 1 heteroatoms. The summed E-state index contributed by atoms with van der Waals surface area (Å²) >= 11 is 0. The Morgan fingerprint density at radius 1 is 0.842 bits per heavy atom. The van der Waals surface area contributed by atoms with Crippen molar-refractivity contribution < 1.29 is 0 Å². The molecule has 0 aliphatic carbocycles. The summed E-state index contributed by atoms with van der Waals surface area (Å²) in [7, 11) is 0. The van der Waals surface area contributed by atoms with E-state index in [2.05, 4.69) is 59.5 Å². The number of para-hydroxylation sites is 1. The molecule has 0 spiro atoms. The van der Waals surface area contributed by atoms with Crippen LogP contribution >= 0.6 is 0 Å². The molecule has 0 radical (unpaired) electrons. The van der Waals surface area contributed by atoms with E-state index in [1.807, 2.05) is 0 Å². The van der Waals surface area contributed by atoms with Crippen molar-refractivity contribution in [2.75, 3.05) is 11.4 Å². The molecular weight excluding hydrogens is 230 g/mol. The zero-order chi connectivity index (χ0) is 12.7. The lowest BCUT2D eigenvalue weighted by molar-refractivity contribution is 0.451. The summed E-state index contributed by atoms with van der Waals surface area (Å²) in [5.74, 6) is 0.567. The van der Waals surface area contributed by atoms with E-state index >= 15 is 0 Å². The minimum atomic E-state index is 0.567. The van der Waals surface area contributed by atoms with Crippen LogP contribution in [0.2, 0.25) is 0 Å². The maximum absolute atomic E-state index is 2.65. The van der Waals surface area contributed by atoms with Gasteiger partial charge in [0.1, 0.15) is 0 Å². The van der Waals surface area contributed by atoms with Gasteiger partial charge in [-0.05, 0) is 36.5 Å². The minimum absolute atomic E-state index is 0.567. The zero-order valence-corrected chi connectivity index (χ0v) is 11.1. The van der Waals surface area contributed by atoms with Gasteiger partial charge in [0.2, 0.25) is 0 Å². The normalized spacial score (nSPS) is 24.9. The molecule has 0 saturated carbocycles. The molecule has 1 nitrogen and oxygen atoms in total. The number of rotatable bonds is 1. The predicted octanol–water partition coefficient (Wildman–Crippen LogP) is 4.19. The van der Waals surface area contributed by atoms with Crippen molar-refractivity contribution in [3.05, 3.63) is 65.7 Å². The highest BCUT2D eigenvalue weighted by molar-refractivity contribution is 5.64. The molecule has 96 valence electrons. The fraction of sp³-hybridized carbons (Fsp3) is 0.333. The maximum atomic E-state index is 2.65. The highest BCUT2D eigenvalue weighted by Crippen LogP contribution is 2.47. The number of nitrogens with zero attached hydrogens (tertiary/aromatic N) is 1. The van der Waals surface area contributed by atoms with Crippen LogP contribution in [0.4, 0.5) is 5.69 Å². The molecule has 2 aromatic carbocycles. The van der Waals surface area contributed by atoms with Gasteiger partial charge in [-0.3, -0.25) is 0 Å². The first kappa shape index (κ1) is 11.1. The van der Waals surface area contributed by atoms with E-state index in [4.69, 9.17) is 0 Å². The van der Waals surface area contributed by atoms with Crippen LogP contribution in [0, 0.1) is 0 Å². The second-order valence-electron chi connectivity index (χ2n) is 5.70. The van der Waals surface area contributed by atoms with Gasteiger partial charge < -0.3 is 4.90 Å². The molecule has 2 aliphatic heterocycles. The standard InChI is InChI=1S/C18H19N/c1-2-8-14(9-3-1)18-15-10-4-5-11-16(15)19-13-7-6-12-17(18)19/h1-5,8-11,17-18H,6-7,12-13H2. The Morgan fingerprint density at radius 2 is 1.63 bits per heavy atom. The van der Waals surface area contributed by atoms with Crippen LogP contribution in [0.15, 0.2) is 54.6 Å². The van der Waals surface area contributed by atoms with Crippen LogP contribution < -0.4 is 4.90 Å². The van der Waals surface area contributed by atoms with Crippen LogP contribution in [-0.4, -0.2) is 12.6 Å². The van der Waals surface area contributed by atoms with E-state index in [1.165, 1.54) is 42.6 Å². The van der Waals surface area contributed by atoms with Crippen LogP contribution in [0.3, 0.4) is 0 Å². The first-order valence-electron chi connectivity index (χ1n) is 7.35. The van der Waals surface area contributed by atoms with E-state index in [9.17, 15) is 0 Å². The summed E-state index contributed by atoms with van der Waals surface area (Å²) in [6.45, 7) is 1.23. The fourth-order valence-electron chi connectivity index (χ4n) is 3.88. The van der Waals surface area contributed by atoms with Gasteiger partial charge in [0.15, 0.2) is 0 Å². The van der Waals surface area contributed by atoms with Crippen molar-refractivity contribution >= 4 is 5.69 Å². The van der Waals surface area contributed by atoms with Gasteiger partial charge in [0.05, 0.1) is 0 Å². The van der Waals surface area contributed by atoms with Crippen molar-refractivity contribution in [3.8, 4) is 0 Å². The molecule has 2 unspecified atom stereocenters. The van der Waals surface area contributed by atoms with E-state index in [-0.39, 0.29) is 0 Å². The average molecular weight is 249 g/mol. The van der Waals surface area contributed by atoms with Crippen molar-refractivity contribution in [1.82, 2.24) is 0 Å². The summed E-state index contributed by atoms with van der Waals surface area (Å²) in [4.78, 5) is 2.65. The molecule has 1 fully saturated rings. The van der Waals surface area contributed by atoms with Crippen LogP contribution in [0.25, 0.3) is 0 Å². The SMILES string of the molecule is c1ccc(C2c3ccccc3N3CCCCC23)cc1. The lowest BCUT2D eigenvalue weighted by atomic mass is 9.84. The third-order valence-electron chi connectivity index (χ3n) is 4.67. The summed E-state index contributed by atoms with van der Waals surface area (Å²) in [6, 6.07) is 20.7. The topological polar surface area (TPSA) is 3.24 Å². The van der Waals surface area contributed by atoms with Crippen molar-refractivity contribution in [3.63, 3.8) is 0 Å². The molecule has 2 aromatic rings. The summed E-state index contributed by atoms with van der Waals surface area (Å²) < 4.78 is 0. The lowest BCUT2D eigenvalue weighted by Crippen LogP contribution is -2.38. The molecule has 2 aliphatic rings. The molecule has 2 atom stereocenters. The predicted molar refractivity (Wildman–Crippen MR) is 79.7 cm³/mol. The zero-order valence-electron chi connectivity index (χ0n) is 11.1. The number of hydrogen-bond acceptors (Lipinski definition) is 1. The Balaban J connectivity index is 1.85. The summed E-state index contributed by atoms with van der Waals surface area (Å²) in [6.07, 6.45) is 4.04. The van der Waals surface area contributed by atoms with E-state index in [1.54, 1.807) is 0 Å². The third kappa shape index (κ3) is 1.68. The van der Waals surface area contributed by atoms with Crippen molar-refractivity contribution in [2.45, 2.75) is 31.2 Å². The monoisotopic (exact) mass is 249 g/mol. The van der Waals surface area contributed by atoms with Crippen LogP contribution in [0.1, 0.15) is 36.3 Å². The Hall–Kier alpha value is -1.76. The van der Waals surface area contributed by atoms with Gasteiger partial charge in [-0.2, -0.15) is 0 Å². The Kier molecular flexibility index (Phi) is 2.58. The Bertz CT molecular complexity index is 575. The number of benzene rings is 2. The highest BCUT2D eigenvalue weighted by Gasteiger charge is 2.39. The first-order valence-corrected chi connectivity index (χ1v) is 7.35. The minimum Gasteiger partial charge on any atom is -0.367 e. The van der Waals surface area contributed by atoms with Gasteiger partial charge in [-0.15, -0.1) is 0 Å². The second kappa shape index (κ2) is 4.41. The highest BCUT2D eigenvalue weighted by atomic mass is 15.2. The Morgan fingerprint density at radius 3 is 2.53 bits per heavy atom. The van der Waals surface area contributed by atoms with Gasteiger partial charge in [-0.1, -0.05) is 48.5 Å². The molecule has 0 aromatic heterocycles. The first-order chi connectivity index (χ1) is 9.45. The Labute approximate surface area is 114 Å². The van der Waals surface area contributed by atoms with Gasteiger partial charge in [-0.25, -0.2) is 0 Å². The number of anilines is 1. The van der Waals surface area contributed by atoms with E-state index in [0.29, 0.717) is 12.0 Å². The fourth-order valence-corrected chi connectivity index (χ4v) is 3.88. The molecule has 0 bridgehead atoms. The maximum Gasteiger partial charge on any atom is 0.0408 e.